The summed E-state index contributed by atoms with van der Waals surface area (Å²) in [6.07, 6.45) is 17.0. The van der Waals surface area contributed by atoms with Crippen molar-refractivity contribution in [3.8, 4) is 0 Å². The zero-order valence-electron chi connectivity index (χ0n) is 11.5. The van der Waals surface area contributed by atoms with Crippen LogP contribution in [0.5, 0.6) is 0 Å². The van der Waals surface area contributed by atoms with Crippen LogP contribution in [0, 0.1) is 5.92 Å². The number of nitrogens with zero attached hydrogens (tertiary/aromatic N) is 1. The van der Waals surface area contributed by atoms with Crippen LogP contribution in [-0.4, -0.2) is 25.0 Å². The summed E-state index contributed by atoms with van der Waals surface area (Å²) in [6.45, 7) is 1.97. The first-order chi connectivity index (χ1) is 9.09. The Bertz CT molecular complexity index is 412. The van der Waals surface area contributed by atoms with Crippen LogP contribution < -0.4 is 17.2 Å². The summed E-state index contributed by atoms with van der Waals surface area (Å²) in [5.74, 6) is 0.318. The van der Waals surface area contributed by atoms with E-state index >= 15 is 0 Å². The molecule has 1 atom stereocenters. The van der Waals surface area contributed by atoms with Gasteiger partial charge in [-0.25, -0.2) is 0 Å². The van der Waals surface area contributed by atoms with Crippen molar-refractivity contribution in [2.75, 3.05) is 20.1 Å². The van der Waals surface area contributed by atoms with E-state index in [0.717, 1.165) is 25.2 Å². The Morgan fingerprint density at radius 2 is 1.89 bits per heavy atom. The lowest BCUT2D eigenvalue weighted by Crippen LogP contribution is -2.19. The molecule has 0 spiro atoms. The third kappa shape index (κ3) is 6.52. The van der Waals surface area contributed by atoms with Gasteiger partial charge in [0.2, 0.25) is 0 Å². The monoisotopic (exact) mass is 260 g/mol. The van der Waals surface area contributed by atoms with Gasteiger partial charge in [-0.3, -0.25) is 0 Å². The minimum atomic E-state index is 0.0618. The Labute approximate surface area is 115 Å². The fourth-order valence-electron chi connectivity index (χ4n) is 1.72. The third-order valence-corrected chi connectivity index (χ3v) is 2.86. The second kappa shape index (κ2) is 8.21. The van der Waals surface area contributed by atoms with Gasteiger partial charge in [0.25, 0.3) is 0 Å². The zero-order valence-corrected chi connectivity index (χ0v) is 11.5. The highest BCUT2D eigenvalue weighted by Crippen LogP contribution is 2.11. The van der Waals surface area contributed by atoms with Gasteiger partial charge >= 0.3 is 0 Å². The Morgan fingerprint density at radius 3 is 2.63 bits per heavy atom. The lowest BCUT2D eigenvalue weighted by Gasteiger charge is -2.13. The molecule has 6 N–H and O–H groups in total. The van der Waals surface area contributed by atoms with Crippen molar-refractivity contribution in [2.24, 2.45) is 23.1 Å². The van der Waals surface area contributed by atoms with Gasteiger partial charge in [-0.1, -0.05) is 36.5 Å². The molecule has 1 rings (SSSR count). The molecule has 0 aliphatic carbocycles. The maximum atomic E-state index is 6.05. The van der Waals surface area contributed by atoms with E-state index in [1.165, 1.54) is 0 Å². The molecule has 0 saturated carbocycles. The number of rotatable bonds is 2. The normalized spacial score (nSPS) is 25.3. The molecule has 104 valence electrons. The molecule has 0 aromatic rings. The van der Waals surface area contributed by atoms with Crippen molar-refractivity contribution in [1.29, 1.82) is 0 Å². The Morgan fingerprint density at radius 1 is 1.11 bits per heavy atom. The lowest BCUT2D eigenvalue weighted by molar-refractivity contribution is 0.377. The highest BCUT2D eigenvalue weighted by atomic mass is 15.1. The first-order valence-electron chi connectivity index (χ1n) is 6.46. The standard InChI is InChI=1S/C15H24N4/c1-19-11-5-3-2-4-7-13(8-6-12-19)14(16)9-10-15(17)18/h2-4,6-10,13H,5,11-12,16-18H2,1H3/b3-2+,7-4?,8-6+,14-9-. The number of hydrogen-bond acceptors (Lipinski definition) is 4. The van der Waals surface area contributed by atoms with E-state index in [9.17, 15) is 0 Å². The number of likely N-dealkylation sites (N-methyl/N-ethyl adjacent to an activating group) is 1. The van der Waals surface area contributed by atoms with E-state index in [-0.39, 0.29) is 11.7 Å². The molecule has 19 heavy (non-hydrogen) atoms. The van der Waals surface area contributed by atoms with Crippen molar-refractivity contribution < 1.29 is 0 Å². The van der Waals surface area contributed by atoms with E-state index < -0.39 is 0 Å². The summed E-state index contributed by atoms with van der Waals surface area (Å²) >= 11 is 0. The summed E-state index contributed by atoms with van der Waals surface area (Å²) in [6, 6.07) is 0. The molecule has 1 aliphatic heterocycles. The zero-order chi connectivity index (χ0) is 14.1. The molecule has 0 aromatic carbocycles. The smallest absolute Gasteiger partial charge is 0.0934 e. The molecule has 1 aliphatic rings. The van der Waals surface area contributed by atoms with Crippen LogP contribution in [0.15, 0.2) is 60.1 Å². The van der Waals surface area contributed by atoms with Gasteiger partial charge in [0.15, 0.2) is 0 Å². The quantitative estimate of drug-likeness (QED) is 0.515. The van der Waals surface area contributed by atoms with Crippen LogP contribution >= 0.6 is 0 Å². The topological polar surface area (TPSA) is 81.3 Å². The molecule has 0 saturated heterocycles. The number of allylic oxidation sites excluding steroid dienone is 5. The van der Waals surface area contributed by atoms with Gasteiger partial charge in [0.1, 0.15) is 0 Å². The average molecular weight is 260 g/mol. The SMILES string of the molecule is CN1C/C=C/C(/C(N)=C/C=C(N)N)C=C/C=C/CC1. The van der Waals surface area contributed by atoms with Crippen molar-refractivity contribution in [3.05, 3.63) is 60.1 Å². The van der Waals surface area contributed by atoms with Crippen molar-refractivity contribution >= 4 is 0 Å². The molecular weight excluding hydrogens is 236 g/mol. The molecule has 1 heterocycles. The van der Waals surface area contributed by atoms with Crippen LogP contribution in [0.2, 0.25) is 0 Å². The molecule has 0 radical (unpaired) electrons. The highest BCUT2D eigenvalue weighted by molar-refractivity contribution is 5.24. The highest BCUT2D eigenvalue weighted by Gasteiger charge is 2.03. The summed E-state index contributed by atoms with van der Waals surface area (Å²) in [7, 11) is 2.11. The van der Waals surface area contributed by atoms with Gasteiger partial charge in [0, 0.05) is 24.7 Å². The maximum absolute atomic E-state index is 6.05. The Balaban J connectivity index is 2.84. The van der Waals surface area contributed by atoms with Crippen LogP contribution in [0.1, 0.15) is 6.42 Å². The van der Waals surface area contributed by atoms with Crippen LogP contribution in [-0.2, 0) is 0 Å². The van der Waals surface area contributed by atoms with E-state index in [4.69, 9.17) is 17.2 Å². The van der Waals surface area contributed by atoms with Crippen LogP contribution in [0.4, 0.5) is 0 Å². The Kier molecular flexibility index (Phi) is 6.53. The first kappa shape index (κ1) is 15.1. The van der Waals surface area contributed by atoms with Gasteiger partial charge in [-0.05, 0) is 25.6 Å². The molecule has 0 bridgehead atoms. The number of nitrogens with two attached hydrogens (primary N) is 3. The Hall–Kier alpha value is -1.94. The summed E-state index contributed by atoms with van der Waals surface area (Å²) < 4.78 is 0. The molecular formula is C15H24N4. The summed E-state index contributed by atoms with van der Waals surface area (Å²) in [4.78, 5) is 2.26. The molecule has 0 fully saturated rings. The second-order valence-electron chi connectivity index (χ2n) is 4.65. The minimum Gasteiger partial charge on any atom is -0.401 e. The lowest BCUT2D eigenvalue weighted by atomic mass is 10.0. The van der Waals surface area contributed by atoms with E-state index in [0.29, 0.717) is 0 Å². The molecule has 4 heteroatoms. The fourth-order valence-corrected chi connectivity index (χ4v) is 1.72. The number of hydrogen-bond donors (Lipinski definition) is 3. The van der Waals surface area contributed by atoms with Gasteiger partial charge in [-0.2, -0.15) is 0 Å². The van der Waals surface area contributed by atoms with Gasteiger partial charge in [-0.15, -0.1) is 0 Å². The van der Waals surface area contributed by atoms with E-state index in [1.54, 1.807) is 12.2 Å². The van der Waals surface area contributed by atoms with Crippen molar-refractivity contribution in [1.82, 2.24) is 4.90 Å². The molecule has 1 unspecified atom stereocenters. The minimum absolute atomic E-state index is 0.0618. The predicted molar refractivity (Wildman–Crippen MR) is 81.8 cm³/mol. The first-order valence-corrected chi connectivity index (χ1v) is 6.46. The average Bonchev–Trinajstić information content (AvgIpc) is 2.41. The molecule has 0 aromatic heterocycles. The largest absolute Gasteiger partial charge is 0.401 e. The maximum Gasteiger partial charge on any atom is 0.0934 e. The van der Waals surface area contributed by atoms with Crippen molar-refractivity contribution in [3.63, 3.8) is 0 Å². The third-order valence-electron chi connectivity index (χ3n) is 2.86. The van der Waals surface area contributed by atoms with Crippen LogP contribution in [0.25, 0.3) is 0 Å². The summed E-state index contributed by atoms with van der Waals surface area (Å²) in [5.41, 5.74) is 17.6. The van der Waals surface area contributed by atoms with E-state index in [2.05, 4.69) is 42.3 Å². The predicted octanol–water partition coefficient (Wildman–Crippen LogP) is 1.21. The molecule has 4 nitrogen and oxygen atoms in total. The summed E-state index contributed by atoms with van der Waals surface area (Å²) in [5, 5.41) is 0. The fraction of sp³-hybridized carbons (Fsp3) is 0.333. The van der Waals surface area contributed by atoms with Gasteiger partial charge in [0.05, 0.1) is 5.82 Å². The second-order valence-corrected chi connectivity index (χ2v) is 4.65. The van der Waals surface area contributed by atoms with Crippen LogP contribution in [0.3, 0.4) is 0 Å². The van der Waals surface area contributed by atoms with E-state index in [1.807, 2.05) is 6.08 Å². The van der Waals surface area contributed by atoms with Crippen molar-refractivity contribution in [2.45, 2.75) is 6.42 Å². The van der Waals surface area contributed by atoms with Gasteiger partial charge < -0.3 is 22.1 Å². The molecule has 0 amide bonds.